The Balaban J connectivity index is 2.14. The van der Waals surface area contributed by atoms with E-state index in [1.54, 1.807) is 0 Å². The molecule has 0 aromatic heterocycles. The molecule has 1 saturated heterocycles. The van der Waals surface area contributed by atoms with Crippen LogP contribution in [0.4, 0.5) is 0 Å². The van der Waals surface area contributed by atoms with Crippen LogP contribution in [0, 0.1) is 5.92 Å². The van der Waals surface area contributed by atoms with Crippen LogP contribution in [0.3, 0.4) is 0 Å². The van der Waals surface area contributed by atoms with Crippen molar-refractivity contribution >= 4 is 5.91 Å². The lowest BCUT2D eigenvalue weighted by Crippen LogP contribution is -2.41. The summed E-state index contributed by atoms with van der Waals surface area (Å²) in [5, 5.41) is 6.20. The van der Waals surface area contributed by atoms with Crippen molar-refractivity contribution in [3.8, 4) is 0 Å². The van der Waals surface area contributed by atoms with Gasteiger partial charge >= 0.3 is 0 Å². The maximum Gasteiger partial charge on any atom is 0.246 e. The van der Waals surface area contributed by atoms with Gasteiger partial charge < -0.3 is 15.4 Å². The molecule has 0 saturated carbocycles. The molecular weight excluding hydrogens is 204 g/mol. The molecule has 0 aromatic carbocycles. The number of carbonyl (C=O) groups excluding carboxylic acids is 1. The number of ether oxygens (including phenoxy) is 1. The fourth-order valence-electron chi connectivity index (χ4n) is 1.62. The zero-order valence-electron chi connectivity index (χ0n) is 10.6. The largest absolute Gasteiger partial charge is 0.367 e. The van der Waals surface area contributed by atoms with E-state index in [2.05, 4.69) is 24.5 Å². The first kappa shape index (κ1) is 13.5. The number of nitrogens with one attached hydrogen (secondary N) is 2. The predicted molar refractivity (Wildman–Crippen MR) is 64.3 cm³/mol. The average molecular weight is 228 g/mol. The third-order valence-electron chi connectivity index (χ3n) is 3.09. The molecule has 1 heterocycles. The molecule has 1 fully saturated rings. The lowest BCUT2D eigenvalue weighted by molar-refractivity contribution is -0.128. The highest BCUT2D eigenvalue weighted by molar-refractivity contribution is 5.77. The molecule has 4 heteroatoms. The highest BCUT2D eigenvalue weighted by atomic mass is 16.5. The lowest BCUT2D eigenvalue weighted by Gasteiger charge is -2.23. The molecule has 0 radical (unpaired) electrons. The van der Waals surface area contributed by atoms with Crippen LogP contribution in [-0.2, 0) is 9.53 Å². The van der Waals surface area contributed by atoms with Crippen LogP contribution in [-0.4, -0.2) is 37.7 Å². The molecule has 94 valence electrons. The number of piperidine rings is 1. The van der Waals surface area contributed by atoms with Crippen LogP contribution >= 0.6 is 0 Å². The summed E-state index contributed by atoms with van der Waals surface area (Å²) in [7, 11) is 0. The molecule has 16 heavy (non-hydrogen) atoms. The lowest BCUT2D eigenvalue weighted by atomic mass is 10.1. The van der Waals surface area contributed by atoms with Gasteiger partial charge in [0.2, 0.25) is 5.91 Å². The Morgan fingerprint density at radius 2 is 2.25 bits per heavy atom. The number of hydrogen-bond acceptors (Lipinski definition) is 3. The van der Waals surface area contributed by atoms with Crippen LogP contribution in [0.15, 0.2) is 0 Å². The zero-order valence-corrected chi connectivity index (χ0v) is 10.6. The van der Waals surface area contributed by atoms with Gasteiger partial charge in [-0.3, -0.25) is 4.79 Å². The van der Waals surface area contributed by atoms with Crippen molar-refractivity contribution < 1.29 is 9.53 Å². The quantitative estimate of drug-likeness (QED) is 0.735. The Morgan fingerprint density at radius 3 is 2.81 bits per heavy atom. The first-order chi connectivity index (χ1) is 7.59. The molecule has 0 bridgehead atoms. The van der Waals surface area contributed by atoms with Crippen molar-refractivity contribution in [1.82, 2.24) is 10.6 Å². The third-order valence-corrected chi connectivity index (χ3v) is 3.09. The van der Waals surface area contributed by atoms with Crippen LogP contribution in [0.5, 0.6) is 0 Å². The number of hydrogen-bond donors (Lipinski definition) is 2. The Morgan fingerprint density at radius 1 is 1.50 bits per heavy atom. The van der Waals surface area contributed by atoms with E-state index in [9.17, 15) is 4.79 Å². The van der Waals surface area contributed by atoms with Crippen molar-refractivity contribution in [1.29, 1.82) is 0 Å². The monoisotopic (exact) mass is 228 g/mol. The van der Waals surface area contributed by atoms with Gasteiger partial charge in [0.1, 0.15) is 6.61 Å². The molecule has 1 aliphatic rings. The summed E-state index contributed by atoms with van der Waals surface area (Å²) in [6.45, 7) is 8.32. The molecule has 0 aromatic rings. The molecule has 2 atom stereocenters. The van der Waals surface area contributed by atoms with E-state index >= 15 is 0 Å². The van der Waals surface area contributed by atoms with Gasteiger partial charge in [0.15, 0.2) is 0 Å². The van der Waals surface area contributed by atoms with E-state index in [4.69, 9.17) is 4.74 Å². The van der Waals surface area contributed by atoms with Crippen molar-refractivity contribution in [2.75, 3.05) is 19.7 Å². The van der Waals surface area contributed by atoms with Crippen LogP contribution in [0.2, 0.25) is 0 Å². The molecular formula is C12H24N2O2. The van der Waals surface area contributed by atoms with Crippen LogP contribution < -0.4 is 10.6 Å². The van der Waals surface area contributed by atoms with Crippen molar-refractivity contribution in [3.63, 3.8) is 0 Å². The summed E-state index contributed by atoms with van der Waals surface area (Å²) in [5.74, 6) is 0.451. The SMILES string of the molecule is CC(C)C(C)NC(=O)COC1CCCNC1. The molecule has 1 amide bonds. The van der Waals surface area contributed by atoms with Gasteiger partial charge in [0.05, 0.1) is 6.10 Å². The van der Waals surface area contributed by atoms with Gasteiger partial charge in [0, 0.05) is 12.6 Å². The summed E-state index contributed by atoms with van der Waals surface area (Å²) in [6.07, 6.45) is 2.39. The normalized spacial score (nSPS) is 23.1. The van der Waals surface area contributed by atoms with Gasteiger partial charge in [-0.25, -0.2) is 0 Å². The summed E-state index contributed by atoms with van der Waals surface area (Å²) in [6, 6.07) is 0.209. The standard InChI is InChI=1S/C12H24N2O2/c1-9(2)10(3)14-12(15)8-16-11-5-4-6-13-7-11/h9-11,13H,4-8H2,1-3H3,(H,14,15). The highest BCUT2D eigenvalue weighted by Crippen LogP contribution is 2.05. The van der Waals surface area contributed by atoms with Crippen molar-refractivity contribution in [3.05, 3.63) is 0 Å². The topological polar surface area (TPSA) is 50.4 Å². The smallest absolute Gasteiger partial charge is 0.246 e. The molecule has 2 N–H and O–H groups in total. The van der Waals surface area contributed by atoms with Crippen molar-refractivity contribution in [2.45, 2.75) is 45.8 Å². The van der Waals surface area contributed by atoms with Gasteiger partial charge in [-0.2, -0.15) is 0 Å². The molecule has 1 rings (SSSR count). The van der Waals surface area contributed by atoms with Gasteiger partial charge in [-0.1, -0.05) is 13.8 Å². The Bertz CT molecular complexity index is 213. The second-order valence-electron chi connectivity index (χ2n) is 4.88. The third kappa shape index (κ3) is 4.94. The molecule has 0 aliphatic carbocycles. The Kier molecular flexibility index (Phi) is 5.77. The molecule has 2 unspecified atom stereocenters. The maximum absolute atomic E-state index is 11.5. The summed E-state index contributed by atoms with van der Waals surface area (Å²) in [5.41, 5.74) is 0. The minimum Gasteiger partial charge on any atom is -0.367 e. The number of amides is 1. The fourth-order valence-corrected chi connectivity index (χ4v) is 1.62. The minimum atomic E-state index is -0.00762. The first-order valence-electron chi connectivity index (χ1n) is 6.21. The first-order valence-corrected chi connectivity index (χ1v) is 6.21. The van der Waals surface area contributed by atoms with Crippen LogP contribution in [0.1, 0.15) is 33.6 Å². The van der Waals surface area contributed by atoms with Crippen molar-refractivity contribution in [2.24, 2.45) is 5.92 Å². The summed E-state index contributed by atoms with van der Waals surface area (Å²) < 4.78 is 5.55. The Labute approximate surface area is 98.1 Å². The average Bonchev–Trinajstić information content (AvgIpc) is 2.27. The Hall–Kier alpha value is -0.610. The summed E-state index contributed by atoms with van der Waals surface area (Å²) in [4.78, 5) is 11.5. The zero-order chi connectivity index (χ0) is 12.0. The van der Waals surface area contributed by atoms with E-state index in [-0.39, 0.29) is 24.7 Å². The van der Waals surface area contributed by atoms with E-state index in [0.717, 1.165) is 25.9 Å². The predicted octanol–water partition coefficient (Wildman–Crippen LogP) is 0.916. The highest BCUT2D eigenvalue weighted by Gasteiger charge is 2.16. The molecule has 4 nitrogen and oxygen atoms in total. The van der Waals surface area contributed by atoms with Gasteiger partial charge in [-0.05, 0) is 32.2 Å². The number of carbonyl (C=O) groups is 1. The second-order valence-corrected chi connectivity index (χ2v) is 4.88. The fraction of sp³-hybridized carbons (Fsp3) is 0.917. The maximum atomic E-state index is 11.5. The second kappa shape index (κ2) is 6.86. The minimum absolute atomic E-state index is 0.00762. The summed E-state index contributed by atoms with van der Waals surface area (Å²) >= 11 is 0. The molecule has 0 spiro atoms. The van der Waals surface area contributed by atoms with Crippen LogP contribution in [0.25, 0.3) is 0 Å². The van der Waals surface area contributed by atoms with Gasteiger partial charge in [0.25, 0.3) is 0 Å². The van der Waals surface area contributed by atoms with E-state index in [1.165, 1.54) is 0 Å². The van der Waals surface area contributed by atoms with E-state index < -0.39 is 0 Å². The van der Waals surface area contributed by atoms with E-state index in [0.29, 0.717) is 5.92 Å². The van der Waals surface area contributed by atoms with Gasteiger partial charge in [-0.15, -0.1) is 0 Å². The van der Waals surface area contributed by atoms with E-state index in [1.807, 2.05) is 6.92 Å². The molecule has 1 aliphatic heterocycles. The number of rotatable bonds is 5.